The van der Waals surface area contributed by atoms with Gasteiger partial charge in [-0.15, -0.1) is 0 Å². The van der Waals surface area contributed by atoms with E-state index in [1.807, 2.05) is 31.2 Å². The summed E-state index contributed by atoms with van der Waals surface area (Å²) >= 11 is 0. The number of phenolic OH excluding ortho intramolecular Hbond substituents is 1. The number of phenols is 1. The van der Waals surface area contributed by atoms with E-state index in [4.69, 9.17) is 9.47 Å². The largest absolute Gasteiger partial charge is 0.507 e. The van der Waals surface area contributed by atoms with Crippen LogP contribution in [0.1, 0.15) is 34.0 Å². The fraction of sp³-hybridized carbons (Fsp3) is 0.333. The number of rotatable bonds is 4. The van der Waals surface area contributed by atoms with Gasteiger partial charge in [0.05, 0.1) is 17.7 Å². The van der Waals surface area contributed by atoms with E-state index in [9.17, 15) is 14.7 Å². The van der Waals surface area contributed by atoms with Crippen LogP contribution in [0.25, 0.3) is 6.08 Å². The van der Waals surface area contributed by atoms with Crippen molar-refractivity contribution in [1.29, 1.82) is 0 Å². The molecule has 162 valence electrons. The number of hydrogen-bond acceptors (Lipinski definition) is 6. The first-order chi connectivity index (χ1) is 15.0. The van der Waals surface area contributed by atoms with Crippen molar-refractivity contribution in [3.05, 3.63) is 64.4 Å². The molecule has 0 atom stereocenters. The summed E-state index contributed by atoms with van der Waals surface area (Å²) in [4.78, 5) is 28.6. The first-order valence-corrected chi connectivity index (χ1v) is 10.5. The summed E-state index contributed by atoms with van der Waals surface area (Å²) in [6.45, 7) is 6.94. The zero-order valence-corrected chi connectivity index (χ0v) is 17.8. The molecule has 0 saturated carbocycles. The molecule has 0 radical (unpaired) electrons. The molecule has 0 aromatic heterocycles. The molecule has 2 aliphatic heterocycles. The second-order valence-corrected chi connectivity index (χ2v) is 7.76. The maximum atomic E-state index is 12.9. The van der Waals surface area contributed by atoms with E-state index in [1.165, 1.54) is 0 Å². The molecule has 0 bridgehead atoms. The molecule has 2 heterocycles. The fourth-order valence-electron chi connectivity index (χ4n) is 3.89. The van der Waals surface area contributed by atoms with Gasteiger partial charge in [-0.2, -0.15) is 0 Å². The van der Waals surface area contributed by atoms with Gasteiger partial charge in [0.25, 0.3) is 0 Å². The Labute approximate surface area is 181 Å². The van der Waals surface area contributed by atoms with E-state index in [1.54, 1.807) is 30.0 Å². The molecule has 1 N–H and O–H groups in total. The number of amides is 1. The van der Waals surface area contributed by atoms with Crippen molar-refractivity contribution in [3.8, 4) is 11.5 Å². The Morgan fingerprint density at radius 1 is 1.19 bits per heavy atom. The Hall–Kier alpha value is -3.32. The molecule has 2 aromatic rings. The molecule has 7 nitrogen and oxygen atoms in total. The Bertz CT molecular complexity index is 1040. The molecule has 7 heteroatoms. The van der Waals surface area contributed by atoms with E-state index in [0.717, 1.165) is 11.1 Å². The molecular weight excluding hydrogens is 396 g/mol. The van der Waals surface area contributed by atoms with Crippen molar-refractivity contribution in [2.24, 2.45) is 0 Å². The van der Waals surface area contributed by atoms with Crippen molar-refractivity contribution in [1.82, 2.24) is 9.80 Å². The lowest BCUT2D eigenvalue weighted by molar-refractivity contribution is 0.0774. The van der Waals surface area contributed by atoms with E-state index in [0.29, 0.717) is 56.2 Å². The summed E-state index contributed by atoms with van der Waals surface area (Å²) < 4.78 is 11.0. The number of ketones is 1. The number of aryl methyl sites for hydroxylation is 1. The highest BCUT2D eigenvalue weighted by molar-refractivity contribution is 6.15. The zero-order chi connectivity index (χ0) is 22.0. The SMILES string of the molecule is CCOC(=O)N1CCN(Cc2c(O)ccc3c2O/C(=C\c2cccc(C)c2)C3=O)CC1. The zero-order valence-electron chi connectivity index (χ0n) is 17.8. The van der Waals surface area contributed by atoms with Gasteiger partial charge in [-0.3, -0.25) is 9.69 Å². The minimum absolute atomic E-state index is 0.0937. The molecule has 1 fully saturated rings. The molecule has 2 aliphatic rings. The number of piperazine rings is 1. The maximum absolute atomic E-state index is 12.9. The first-order valence-electron chi connectivity index (χ1n) is 10.5. The highest BCUT2D eigenvalue weighted by Gasteiger charge is 2.32. The number of hydrogen-bond donors (Lipinski definition) is 1. The normalized spacial score (nSPS) is 17.5. The number of carbonyl (C=O) groups is 2. The number of nitrogens with zero attached hydrogens (tertiary/aromatic N) is 2. The summed E-state index contributed by atoms with van der Waals surface area (Å²) in [5.41, 5.74) is 3.02. The van der Waals surface area contributed by atoms with Crippen LogP contribution in [0.2, 0.25) is 0 Å². The third-order valence-electron chi connectivity index (χ3n) is 5.54. The van der Waals surface area contributed by atoms with Crippen LogP contribution in [0, 0.1) is 6.92 Å². The summed E-state index contributed by atoms with van der Waals surface area (Å²) in [6, 6.07) is 11.0. The topological polar surface area (TPSA) is 79.3 Å². The number of Topliss-reactive ketones (excluding diaryl/α,β-unsaturated/α-hetero) is 1. The molecular formula is C24H26N2O5. The van der Waals surface area contributed by atoms with Gasteiger partial charge in [0.2, 0.25) is 5.78 Å². The van der Waals surface area contributed by atoms with Gasteiger partial charge in [-0.05, 0) is 37.6 Å². The smallest absolute Gasteiger partial charge is 0.409 e. The quantitative estimate of drug-likeness (QED) is 0.759. The number of ether oxygens (including phenoxy) is 2. The minimum Gasteiger partial charge on any atom is -0.507 e. The number of fused-ring (bicyclic) bond motifs is 1. The average Bonchev–Trinajstić information content (AvgIpc) is 3.06. The summed E-state index contributed by atoms with van der Waals surface area (Å²) in [5, 5.41) is 10.5. The van der Waals surface area contributed by atoms with Crippen molar-refractivity contribution in [3.63, 3.8) is 0 Å². The second-order valence-electron chi connectivity index (χ2n) is 7.76. The number of carbonyl (C=O) groups excluding carboxylic acids is 2. The molecule has 31 heavy (non-hydrogen) atoms. The third kappa shape index (κ3) is 4.41. The van der Waals surface area contributed by atoms with Crippen LogP contribution in [-0.2, 0) is 11.3 Å². The van der Waals surface area contributed by atoms with Crippen LogP contribution in [0.15, 0.2) is 42.2 Å². The Kier molecular flexibility index (Phi) is 5.95. The lowest BCUT2D eigenvalue weighted by Gasteiger charge is -2.34. The first kappa shape index (κ1) is 20.9. The lowest BCUT2D eigenvalue weighted by atomic mass is 10.0. The lowest BCUT2D eigenvalue weighted by Crippen LogP contribution is -2.48. The van der Waals surface area contributed by atoms with E-state index in [-0.39, 0.29) is 23.4 Å². The van der Waals surface area contributed by atoms with Crippen LogP contribution >= 0.6 is 0 Å². The van der Waals surface area contributed by atoms with E-state index in [2.05, 4.69) is 4.90 Å². The standard InChI is InChI=1S/C24H26N2O5/c1-3-30-24(29)26-11-9-25(10-12-26)15-19-20(27)8-7-18-22(28)21(31-23(18)19)14-17-6-4-5-16(2)13-17/h4-8,13-14,27H,3,9-12,15H2,1-2H3/b21-14-. The maximum Gasteiger partial charge on any atom is 0.409 e. The average molecular weight is 422 g/mol. The monoisotopic (exact) mass is 422 g/mol. The van der Waals surface area contributed by atoms with Crippen LogP contribution in [0.5, 0.6) is 11.5 Å². The number of benzene rings is 2. The van der Waals surface area contributed by atoms with Gasteiger partial charge < -0.3 is 19.5 Å². The molecule has 1 saturated heterocycles. The van der Waals surface area contributed by atoms with Crippen molar-refractivity contribution in [2.75, 3.05) is 32.8 Å². The molecule has 0 unspecified atom stereocenters. The molecule has 0 aliphatic carbocycles. The highest BCUT2D eigenvalue weighted by atomic mass is 16.6. The fourth-order valence-corrected chi connectivity index (χ4v) is 3.89. The third-order valence-corrected chi connectivity index (χ3v) is 5.54. The summed E-state index contributed by atoms with van der Waals surface area (Å²) in [6.07, 6.45) is 1.43. The minimum atomic E-state index is -0.301. The van der Waals surface area contributed by atoms with E-state index >= 15 is 0 Å². The Balaban J connectivity index is 1.51. The summed E-state index contributed by atoms with van der Waals surface area (Å²) in [7, 11) is 0. The van der Waals surface area contributed by atoms with Gasteiger partial charge in [0, 0.05) is 32.7 Å². The highest BCUT2D eigenvalue weighted by Crippen LogP contribution is 2.40. The molecule has 2 aromatic carbocycles. The summed E-state index contributed by atoms with van der Waals surface area (Å²) in [5.74, 6) is 0.567. The van der Waals surface area contributed by atoms with Gasteiger partial charge in [-0.25, -0.2) is 4.79 Å². The van der Waals surface area contributed by atoms with Crippen LogP contribution < -0.4 is 4.74 Å². The molecule has 1 amide bonds. The number of aromatic hydroxyl groups is 1. The Morgan fingerprint density at radius 3 is 2.68 bits per heavy atom. The predicted octanol–water partition coefficient (Wildman–Crippen LogP) is 3.59. The van der Waals surface area contributed by atoms with Crippen LogP contribution in [0.4, 0.5) is 4.79 Å². The molecule has 4 rings (SSSR count). The predicted molar refractivity (Wildman–Crippen MR) is 116 cm³/mol. The van der Waals surface area contributed by atoms with Gasteiger partial charge in [0.1, 0.15) is 11.5 Å². The van der Waals surface area contributed by atoms with Crippen molar-refractivity contribution >= 4 is 18.0 Å². The van der Waals surface area contributed by atoms with Crippen LogP contribution in [-0.4, -0.2) is 59.6 Å². The van der Waals surface area contributed by atoms with Gasteiger partial charge in [0.15, 0.2) is 5.76 Å². The van der Waals surface area contributed by atoms with E-state index < -0.39 is 0 Å². The second kappa shape index (κ2) is 8.81. The van der Waals surface area contributed by atoms with Crippen LogP contribution in [0.3, 0.4) is 0 Å². The Morgan fingerprint density at radius 2 is 1.97 bits per heavy atom. The van der Waals surface area contributed by atoms with Crippen molar-refractivity contribution < 1.29 is 24.2 Å². The van der Waals surface area contributed by atoms with Gasteiger partial charge >= 0.3 is 6.09 Å². The number of allylic oxidation sites excluding steroid dienone is 1. The molecule has 0 spiro atoms. The van der Waals surface area contributed by atoms with Crippen molar-refractivity contribution in [2.45, 2.75) is 20.4 Å². The van der Waals surface area contributed by atoms with Gasteiger partial charge in [-0.1, -0.05) is 29.8 Å².